The summed E-state index contributed by atoms with van der Waals surface area (Å²) in [4.78, 5) is 38.0. The fraction of sp³-hybridized carbons (Fsp3) is 0.750. The zero-order valence-corrected chi connectivity index (χ0v) is 54.2. The predicted molar refractivity (Wildman–Crippen MR) is 357 cm³/mol. The van der Waals surface area contributed by atoms with E-state index in [1.165, 1.54) is 186 Å². The Balaban J connectivity index is 4.01. The van der Waals surface area contributed by atoms with Crippen molar-refractivity contribution < 1.29 is 28.6 Å². The molecule has 6 nitrogen and oxygen atoms in total. The number of rotatable bonds is 64. The van der Waals surface area contributed by atoms with Gasteiger partial charge in [0.1, 0.15) is 13.2 Å². The van der Waals surface area contributed by atoms with Gasteiger partial charge in [-0.25, -0.2) is 0 Å². The molecule has 0 bridgehead atoms. The second-order valence-corrected chi connectivity index (χ2v) is 23.4. The average Bonchev–Trinajstić information content (AvgIpc) is 3.47. The highest BCUT2D eigenvalue weighted by atomic mass is 16.6. The monoisotopic (exact) mass is 1140 g/mol. The minimum absolute atomic E-state index is 0.0771. The second kappa shape index (κ2) is 69.8. The molecule has 0 rings (SSSR count). The lowest BCUT2D eigenvalue weighted by Crippen LogP contribution is -2.30. The molecular formula is C76H132O6. The maximum Gasteiger partial charge on any atom is 0.306 e. The molecule has 0 aliphatic heterocycles. The number of carbonyl (C=O) groups excluding carboxylic acids is 3. The summed E-state index contributed by atoms with van der Waals surface area (Å²) in [5, 5.41) is 0. The number of ether oxygens (including phenoxy) is 3. The maximum atomic E-state index is 12.9. The normalized spacial score (nSPS) is 12.7. The van der Waals surface area contributed by atoms with E-state index in [2.05, 4.69) is 118 Å². The Morgan fingerprint density at radius 3 is 0.744 bits per heavy atom. The van der Waals surface area contributed by atoms with Crippen LogP contribution in [0.1, 0.15) is 348 Å². The molecule has 0 aromatic carbocycles. The maximum absolute atomic E-state index is 12.9. The van der Waals surface area contributed by atoms with Gasteiger partial charge in [-0.3, -0.25) is 14.4 Å². The number of carbonyl (C=O) groups is 3. The highest BCUT2D eigenvalue weighted by Gasteiger charge is 2.19. The van der Waals surface area contributed by atoms with E-state index in [0.717, 1.165) is 122 Å². The molecule has 0 aliphatic carbocycles. The van der Waals surface area contributed by atoms with E-state index in [-0.39, 0.29) is 31.1 Å². The molecule has 0 N–H and O–H groups in total. The van der Waals surface area contributed by atoms with Crippen LogP contribution in [-0.2, 0) is 28.6 Å². The van der Waals surface area contributed by atoms with Crippen molar-refractivity contribution in [1.29, 1.82) is 0 Å². The quantitative estimate of drug-likeness (QED) is 0.0261. The lowest BCUT2D eigenvalue weighted by molar-refractivity contribution is -0.167. The fourth-order valence-corrected chi connectivity index (χ4v) is 10.1. The molecule has 1 unspecified atom stereocenters. The van der Waals surface area contributed by atoms with Crippen molar-refractivity contribution in [1.82, 2.24) is 0 Å². The summed E-state index contributed by atoms with van der Waals surface area (Å²) >= 11 is 0. The first-order valence-corrected chi connectivity index (χ1v) is 35.2. The minimum Gasteiger partial charge on any atom is -0.462 e. The van der Waals surface area contributed by atoms with Crippen molar-refractivity contribution in [2.75, 3.05) is 13.2 Å². The number of hydrogen-bond donors (Lipinski definition) is 0. The van der Waals surface area contributed by atoms with E-state index in [9.17, 15) is 14.4 Å². The Morgan fingerprint density at radius 1 is 0.256 bits per heavy atom. The minimum atomic E-state index is -0.776. The van der Waals surface area contributed by atoms with Gasteiger partial charge in [0.05, 0.1) is 0 Å². The summed E-state index contributed by atoms with van der Waals surface area (Å²) in [5.74, 6) is -0.885. The number of esters is 3. The first-order chi connectivity index (χ1) is 40.5. The molecule has 82 heavy (non-hydrogen) atoms. The van der Waals surface area contributed by atoms with Crippen LogP contribution < -0.4 is 0 Å². The van der Waals surface area contributed by atoms with Crippen molar-refractivity contribution >= 4 is 17.9 Å². The summed E-state index contributed by atoms with van der Waals surface area (Å²) in [6.07, 6.45) is 94.9. The lowest BCUT2D eigenvalue weighted by Gasteiger charge is -2.18. The molecule has 0 amide bonds. The number of unbranched alkanes of at least 4 members (excludes halogenated alkanes) is 37. The van der Waals surface area contributed by atoms with Gasteiger partial charge in [-0.15, -0.1) is 0 Å². The van der Waals surface area contributed by atoms with Gasteiger partial charge >= 0.3 is 17.9 Å². The third-order valence-electron chi connectivity index (χ3n) is 15.4. The van der Waals surface area contributed by atoms with Crippen LogP contribution in [0.4, 0.5) is 0 Å². The van der Waals surface area contributed by atoms with E-state index in [0.29, 0.717) is 19.3 Å². The van der Waals surface area contributed by atoms with E-state index in [1.807, 2.05) is 0 Å². The molecule has 0 aromatic heterocycles. The molecule has 0 aromatic rings. The molecule has 0 heterocycles. The third kappa shape index (κ3) is 67.1. The van der Waals surface area contributed by atoms with Gasteiger partial charge in [0.25, 0.3) is 0 Å². The number of allylic oxidation sites excluding steroid dienone is 16. The van der Waals surface area contributed by atoms with Crippen molar-refractivity contribution in [3.05, 3.63) is 97.2 Å². The van der Waals surface area contributed by atoms with E-state index in [4.69, 9.17) is 14.2 Å². The van der Waals surface area contributed by atoms with Crippen LogP contribution in [0.5, 0.6) is 0 Å². The molecular weight excluding hydrogens is 1010 g/mol. The van der Waals surface area contributed by atoms with Crippen LogP contribution in [0.3, 0.4) is 0 Å². The van der Waals surface area contributed by atoms with Crippen molar-refractivity contribution in [2.24, 2.45) is 0 Å². The van der Waals surface area contributed by atoms with Gasteiger partial charge in [-0.1, -0.05) is 343 Å². The lowest BCUT2D eigenvalue weighted by atomic mass is 10.0. The first kappa shape index (κ1) is 78.3. The molecule has 6 heteroatoms. The summed E-state index contributed by atoms with van der Waals surface area (Å²) < 4.78 is 16.8. The molecule has 0 aliphatic rings. The van der Waals surface area contributed by atoms with Crippen LogP contribution in [0, 0.1) is 0 Å². The topological polar surface area (TPSA) is 78.9 Å². The van der Waals surface area contributed by atoms with Crippen molar-refractivity contribution in [2.45, 2.75) is 354 Å². The largest absolute Gasteiger partial charge is 0.462 e. The predicted octanol–water partition coefficient (Wildman–Crippen LogP) is 24.4. The molecule has 0 spiro atoms. The Hall–Kier alpha value is -3.67. The molecule has 0 radical (unpaired) electrons. The molecule has 1 atom stereocenters. The summed E-state index contributed by atoms with van der Waals surface area (Å²) in [7, 11) is 0. The van der Waals surface area contributed by atoms with Crippen LogP contribution in [0.15, 0.2) is 97.2 Å². The van der Waals surface area contributed by atoms with Crippen molar-refractivity contribution in [3.8, 4) is 0 Å². The Labute approximate surface area is 508 Å². The van der Waals surface area contributed by atoms with Crippen LogP contribution in [0.2, 0.25) is 0 Å². The van der Waals surface area contributed by atoms with Crippen LogP contribution in [-0.4, -0.2) is 37.2 Å². The van der Waals surface area contributed by atoms with Gasteiger partial charge < -0.3 is 14.2 Å². The van der Waals surface area contributed by atoms with Gasteiger partial charge in [0.15, 0.2) is 6.10 Å². The van der Waals surface area contributed by atoms with Crippen LogP contribution in [0.25, 0.3) is 0 Å². The van der Waals surface area contributed by atoms with Crippen LogP contribution >= 0.6 is 0 Å². The van der Waals surface area contributed by atoms with E-state index >= 15 is 0 Å². The molecule has 0 fully saturated rings. The van der Waals surface area contributed by atoms with Crippen molar-refractivity contribution in [3.63, 3.8) is 0 Å². The summed E-state index contributed by atoms with van der Waals surface area (Å²) in [6, 6.07) is 0. The SMILES string of the molecule is CC/C=C\C/C=C\C/C=C\C/C=C\C/C=C\C/C=C\C/C=C\C/C=C\CCCCCCCCCCC(=O)OCC(COC(=O)CCCCCCC)OC(=O)CCCCCCCCCCCCCCCCCCCCCCCCCCCC. The Bertz CT molecular complexity index is 1590. The zero-order chi connectivity index (χ0) is 59.2. The smallest absolute Gasteiger partial charge is 0.306 e. The third-order valence-corrected chi connectivity index (χ3v) is 15.4. The highest BCUT2D eigenvalue weighted by Crippen LogP contribution is 2.18. The van der Waals surface area contributed by atoms with Gasteiger partial charge in [0, 0.05) is 19.3 Å². The summed E-state index contributed by atoms with van der Waals surface area (Å²) in [6.45, 7) is 6.48. The Morgan fingerprint density at radius 2 is 0.476 bits per heavy atom. The molecule has 472 valence electrons. The van der Waals surface area contributed by atoms with Gasteiger partial charge in [-0.05, 0) is 83.5 Å². The number of hydrogen-bond acceptors (Lipinski definition) is 6. The molecule has 0 saturated heterocycles. The average molecular weight is 1140 g/mol. The summed E-state index contributed by atoms with van der Waals surface area (Å²) in [5.41, 5.74) is 0. The van der Waals surface area contributed by atoms with E-state index in [1.54, 1.807) is 0 Å². The first-order valence-electron chi connectivity index (χ1n) is 35.2. The second-order valence-electron chi connectivity index (χ2n) is 23.4. The van der Waals surface area contributed by atoms with Gasteiger partial charge in [-0.2, -0.15) is 0 Å². The van der Waals surface area contributed by atoms with Gasteiger partial charge in [0.2, 0.25) is 0 Å². The molecule has 0 saturated carbocycles. The highest BCUT2D eigenvalue weighted by molar-refractivity contribution is 5.71. The van der Waals surface area contributed by atoms with E-state index < -0.39 is 6.10 Å². The standard InChI is InChI=1S/C76H132O6/c1-4-7-10-13-15-17-19-21-23-25-27-29-31-33-35-36-37-38-39-40-41-43-44-46-48-50-52-54-56-58-60-63-66-69-75(78)81-72-73(71-80-74(77)68-65-62-12-9-6-3)82-76(79)70-67-64-61-59-57-55-53-51-49-47-45-42-34-32-30-28-26-24-22-20-18-16-14-11-8-5-2/h7,10,15,17,21,23,27,29,33,35,37-38,40-41,44,46,73H,4-6,8-9,11-14,16,18-20,22,24-26,28,30-32,34,36,39,42-43,45,47-72H2,1-3H3/b10-7-,17-15-,23-21-,29-27-,35-33-,38-37-,41-40-,46-44-. The fourth-order valence-electron chi connectivity index (χ4n) is 10.1. The Kier molecular flexibility index (Phi) is 66.7. The zero-order valence-electron chi connectivity index (χ0n) is 54.2.